The van der Waals surface area contributed by atoms with E-state index in [9.17, 15) is 27.2 Å². The normalized spacial score (nSPS) is 21.4. The molecule has 13 heteroatoms. The number of hydrogen-bond acceptors (Lipinski definition) is 8. The molecule has 0 bridgehead atoms. The number of nitrogens with one attached hydrogen (secondary N) is 1. The number of unbranched alkanes of at least 4 members (excludes halogenated alkanes) is 1. The van der Waals surface area contributed by atoms with E-state index in [2.05, 4.69) is 76.0 Å². The molecule has 1 aliphatic carbocycles. The van der Waals surface area contributed by atoms with Crippen molar-refractivity contribution in [1.29, 1.82) is 5.26 Å². The number of anilines is 2. The minimum Gasteiger partial charge on any atom is -0.369 e. The molecule has 0 radical (unpaired) electrons. The maximum atomic E-state index is 13.7. The molecule has 9 nitrogen and oxygen atoms in total. The van der Waals surface area contributed by atoms with E-state index in [4.69, 9.17) is 5.26 Å². The first-order valence-corrected chi connectivity index (χ1v) is 22.9. The van der Waals surface area contributed by atoms with Gasteiger partial charge in [-0.1, -0.05) is 32.9 Å². The average Bonchev–Trinajstić information content (AvgIpc) is 3.23. The minimum absolute atomic E-state index is 0.0345. The number of carbonyl (C=O) groups is 2. The third kappa shape index (κ3) is 16.2. The molecule has 4 fully saturated rings. The number of Topliss-reactive ketones (excluding diaryl/α,β-unsaturated/α-hetero) is 1. The Bertz CT molecular complexity index is 1710. The van der Waals surface area contributed by atoms with Gasteiger partial charge in [-0.2, -0.15) is 18.4 Å². The van der Waals surface area contributed by atoms with Crippen molar-refractivity contribution < 1.29 is 27.2 Å². The lowest BCUT2D eigenvalue weighted by Gasteiger charge is -2.38. The van der Waals surface area contributed by atoms with Crippen LogP contribution in [0, 0.1) is 29.0 Å². The number of hydrogen-bond donors (Lipinski definition) is 1. The number of rotatable bonds is 14. The molecule has 3 saturated heterocycles. The summed E-state index contributed by atoms with van der Waals surface area (Å²) in [4.78, 5) is 34.8. The van der Waals surface area contributed by atoms with Gasteiger partial charge in [-0.3, -0.25) is 24.3 Å². The first-order valence-electron chi connectivity index (χ1n) is 22.9. The third-order valence-corrected chi connectivity index (χ3v) is 13.2. The molecule has 2 aromatic rings. The third-order valence-electron chi connectivity index (χ3n) is 13.2. The zero-order chi connectivity index (χ0) is 44.0. The van der Waals surface area contributed by atoms with Crippen LogP contribution in [0.3, 0.4) is 0 Å². The van der Waals surface area contributed by atoms with Crippen molar-refractivity contribution in [2.45, 2.75) is 116 Å². The molecule has 61 heavy (non-hydrogen) atoms. The van der Waals surface area contributed by atoms with Crippen LogP contribution in [0.2, 0.25) is 0 Å². The van der Waals surface area contributed by atoms with E-state index in [0.29, 0.717) is 56.7 Å². The molecule has 3 heterocycles. The average molecular weight is 854 g/mol. The summed E-state index contributed by atoms with van der Waals surface area (Å²) in [7, 11) is 0. The van der Waals surface area contributed by atoms with Crippen LogP contribution in [-0.2, 0) is 21.2 Å². The zero-order valence-corrected chi connectivity index (χ0v) is 37.3. The van der Waals surface area contributed by atoms with Gasteiger partial charge in [0, 0.05) is 82.6 Å². The van der Waals surface area contributed by atoms with Gasteiger partial charge in [-0.15, -0.1) is 0 Å². The lowest BCUT2D eigenvalue weighted by Crippen LogP contribution is -2.47. The predicted octanol–water partition coefficient (Wildman–Crippen LogP) is 8.52. The fraction of sp³-hybridized carbons (Fsp3) is 0.688. The molecule has 1 N–H and O–H groups in total. The van der Waals surface area contributed by atoms with Crippen molar-refractivity contribution in [3.63, 3.8) is 0 Å². The monoisotopic (exact) mass is 854 g/mol. The number of nitriles is 1. The number of piperazine rings is 2. The zero-order valence-electron chi connectivity index (χ0n) is 37.3. The molecule has 0 unspecified atom stereocenters. The molecule has 6 rings (SSSR count). The highest BCUT2D eigenvalue weighted by Crippen LogP contribution is 2.34. The van der Waals surface area contributed by atoms with Crippen LogP contribution in [-0.4, -0.2) is 118 Å². The molecule has 0 atom stereocenters. The molecule has 1 saturated carbocycles. The highest BCUT2D eigenvalue weighted by atomic mass is 19.4. The van der Waals surface area contributed by atoms with Crippen molar-refractivity contribution in [3.05, 3.63) is 59.4 Å². The van der Waals surface area contributed by atoms with Gasteiger partial charge in [0.05, 0.1) is 18.2 Å². The molecule has 1 amide bonds. The summed E-state index contributed by atoms with van der Waals surface area (Å²) < 4.78 is 52.6. The first kappa shape index (κ1) is 48.3. The van der Waals surface area contributed by atoms with Crippen molar-refractivity contribution in [3.8, 4) is 6.07 Å². The van der Waals surface area contributed by atoms with E-state index in [1.807, 2.05) is 4.90 Å². The summed E-state index contributed by atoms with van der Waals surface area (Å²) in [6.45, 7) is 20.8. The Morgan fingerprint density at radius 3 is 1.82 bits per heavy atom. The van der Waals surface area contributed by atoms with Crippen LogP contribution >= 0.6 is 0 Å². The van der Waals surface area contributed by atoms with Crippen LogP contribution in [0.1, 0.15) is 109 Å². The lowest BCUT2D eigenvalue weighted by atomic mass is 9.84. The number of benzene rings is 2. The number of alkyl halides is 3. The highest BCUT2D eigenvalue weighted by molar-refractivity contribution is 5.77. The Morgan fingerprint density at radius 1 is 0.721 bits per heavy atom. The fourth-order valence-corrected chi connectivity index (χ4v) is 9.25. The maximum absolute atomic E-state index is 13.7. The van der Waals surface area contributed by atoms with E-state index >= 15 is 0 Å². The van der Waals surface area contributed by atoms with Crippen molar-refractivity contribution >= 4 is 23.1 Å². The number of nitrogens with zero attached hydrogens (tertiary/aromatic N) is 6. The van der Waals surface area contributed by atoms with Gasteiger partial charge in [-0.25, -0.2) is 4.39 Å². The van der Waals surface area contributed by atoms with E-state index in [1.165, 1.54) is 56.2 Å². The van der Waals surface area contributed by atoms with Crippen LogP contribution in [0.15, 0.2) is 42.5 Å². The first-order chi connectivity index (χ1) is 29.0. The van der Waals surface area contributed by atoms with E-state index in [1.54, 1.807) is 6.92 Å². The maximum Gasteiger partial charge on any atom is 0.416 e. The second-order valence-electron chi connectivity index (χ2n) is 18.9. The summed E-state index contributed by atoms with van der Waals surface area (Å²) >= 11 is 0. The van der Waals surface area contributed by atoms with Gasteiger partial charge < -0.3 is 15.1 Å². The van der Waals surface area contributed by atoms with Gasteiger partial charge in [0.25, 0.3) is 0 Å². The van der Waals surface area contributed by atoms with Gasteiger partial charge in [0.15, 0.2) is 0 Å². The molecular weight excluding hydrogens is 783 g/mol. The fourth-order valence-electron chi connectivity index (χ4n) is 9.25. The summed E-state index contributed by atoms with van der Waals surface area (Å²) in [6, 6.07) is 14.1. The van der Waals surface area contributed by atoms with Crippen molar-refractivity contribution in [2.24, 2.45) is 11.8 Å². The Labute approximate surface area is 362 Å². The standard InChI is InChI=1S/C24H32F4N4O.C24H39N3O/c25-20-15-19(24(26,27)28)16-22(17-20)32-13-11-31(12-14-32)10-8-18-4-6-21(7-5-18)30-23(33)3-1-2-9-29;1-20(28)19-26-12-9-21(10-13-26)8-11-25-14-16-27(17-15-25)23-7-5-6-22(18-23)24(2,3)4/h15-18,21H,1-8,10-14H2,(H,30,33);5-7,18,21H,8-17,19H2,1-4H3. The second-order valence-corrected chi connectivity index (χ2v) is 18.9. The predicted molar refractivity (Wildman–Crippen MR) is 236 cm³/mol. The number of amides is 1. The van der Waals surface area contributed by atoms with Crippen LogP contribution in [0.25, 0.3) is 0 Å². The molecule has 3 aliphatic heterocycles. The minimum atomic E-state index is -4.56. The molecule has 0 spiro atoms. The topological polar surface area (TPSA) is 86.2 Å². The molecular formula is C48H71F4N7O2. The van der Waals surface area contributed by atoms with Crippen LogP contribution in [0.5, 0.6) is 0 Å². The number of likely N-dealkylation sites (tertiary alicyclic amines) is 1. The van der Waals surface area contributed by atoms with Crippen molar-refractivity contribution in [1.82, 2.24) is 20.0 Å². The Morgan fingerprint density at radius 2 is 1.28 bits per heavy atom. The number of carbonyl (C=O) groups excluding carboxylic acids is 2. The molecule has 0 aromatic heterocycles. The number of ketones is 1. The largest absolute Gasteiger partial charge is 0.416 e. The van der Waals surface area contributed by atoms with E-state index in [0.717, 1.165) is 89.9 Å². The van der Waals surface area contributed by atoms with Crippen LogP contribution < -0.4 is 15.1 Å². The van der Waals surface area contributed by atoms with Gasteiger partial charge in [0.1, 0.15) is 11.6 Å². The molecule has 4 aliphatic rings. The lowest BCUT2D eigenvalue weighted by molar-refractivity contribution is -0.137. The van der Waals surface area contributed by atoms with Crippen molar-refractivity contribution in [2.75, 3.05) is 94.9 Å². The Balaban J connectivity index is 0.000000234. The van der Waals surface area contributed by atoms with Gasteiger partial charge in [0.2, 0.25) is 5.91 Å². The van der Waals surface area contributed by atoms with Gasteiger partial charge >= 0.3 is 6.18 Å². The Kier molecular flexibility index (Phi) is 18.3. The van der Waals surface area contributed by atoms with E-state index < -0.39 is 17.6 Å². The van der Waals surface area contributed by atoms with Crippen LogP contribution in [0.4, 0.5) is 28.9 Å². The summed E-state index contributed by atoms with van der Waals surface area (Å²) in [5.41, 5.74) is 2.34. The van der Waals surface area contributed by atoms with Gasteiger partial charge in [-0.05, 0) is 144 Å². The highest BCUT2D eigenvalue weighted by Gasteiger charge is 2.32. The smallest absolute Gasteiger partial charge is 0.369 e. The summed E-state index contributed by atoms with van der Waals surface area (Å²) in [5.74, 6) is 0.921. The molecule has 338 valence electrons. The Hall–Kier alpha value is -3.73. The SMILES string of the molecule is CC(=O)CN1CCC(CCN2CCN(c3cccc(C(C)(C)C)c3)CC2)CC1.N#CCCCC(=O)NC1CCC(CCN2CCN(c3cc(F)cc(C(F)(F)F)c3)CC2)CC1. The summed E-state index contributed by atoms with van der Waals surface area (Å²) in [6.07, 6.45) is 5.86. The second kappa shape index (κ2) is 23.1. The molecule has 2 aromatic carbocycles. The summed E-state index contributed by atoms with van der Waals surface area (Å²) in [5, 5.41) is 11.6. The quantitative estimate of drug-likeness (QED) is 0.150. The number of halogens is 4. The van der Waals surface area contributed by atoms with E-state index in [-0.39, 0.29) is 23.1 Å². The number of piperidine rings is 1.